The fourth-order valence-corrected chi connectivity index (χ4v) is 3.57. The Morgan fingerprint density at radius 2 is 1.88 bits per heavy atom. The van der Waals surface area contributed by atoms with E-state index in [0.717, 1.165) is 37.4 Å². The third-order valence-corrected chi connectivity index (χ3v) is 5.61. The van der Waals surface area contributed by atoms with Gasteiger partial charge in [-0.3, -0.25) is 0 Å². The molecule has 0 saturated carbocycles. The van der Waals surface area contributed by atoms with E-state index in [0.29, 0.717) is 12.0 Å². The topological polar surface area (TPSA) is 38.8 Å². The molecule has 26 heavy (non-hydrogen) atoms. The lowest BCUT2D eigenvalue weighted by atomic mass is 9.98. The minimum absolute atomic E-state index is 0.0297. The fraction of sp³-hybridized carbons (Fsp3) is 0.667. The molecule has 0 aliphatic carbocycles. The number of carbonyl (C=O) groups is 1. The van der Waals surface area contributed by atoms with Crippen LogP contribution in [0.25, 0.3) is 0 Å². The van der Waals surface area contributed by atoms with Crippen LogP contribution in [0.5, 0.6) is 0 Å². The number of anilines is 1. The highest BCUT2D eigenvalue weighted by atomic mass is 16.2. The Bertz CT molecular complexity index is 594. The molecular formula is C21H36N4O. The number of aryl methyl sites for hydroxylation is 1. The Hall–Kier alpha value is -1.59. The van der Waals surface area contributed by atoms with E-state index in [2.05, 4.69) is 68.2 Å². The lowest BCUT2D eigenvalue weighted by Gasteiger charge is -2.35. The maximum absolute atomic E-state index is 12.7. The van der Waals surface area contributed by atoms with E-state index in [1.807, 2.05) is 7.05 Å². The molecule has 5 nitrogen and oxygen atoms in total. The third-order valence-electron chi connectivity index (χ3n) is 5.61. The van der Waals surface area contributed by atoms with E-state index in [1.165, 1.54) is 18.4 Å². The number of amides is 2. The normalized spacial score (nSPS) is 16.3. The Labute approximate surface area is 159 Å². The van der Waals surface area contributed by atoms with Crippen molar-refractivity contribution < 1.29 is 4.79 Å². The first-order valence-electron chi connectivity index (χ1n) is 9.80. The summed E-state index contributed by atoms with van der Waals surface area (Å²) in [4.78, 5) is 19.2. The van der Waals surface area contributed by atoms with Gasteiger partial charge in [0, 0.05) is 31.9 Å². The molecule has 0 atom stereocenters. The summed E-state index contributed by atoms with van der Waals surface area (Å²) in [6.45, 7) is 10.3. The van der Waals surface area contributed by atoms with E-state index in [-0.39, 0.29) is 6.03 Å². The SMILES string of the molecule is Cc1cccc(C(C)C)c1NC(=O)N(C)CCN(C)C1CCN(C)CC1. The number of likely N-dealkylation sites (tertiary alicyclic amines) is 1. The van der Waals surface area contributed by atoms with Crippen molar-refractivity contribution in [1.82, 2.24) is 14.7 Å². The quantitative estimate of drug-likeness (QED) is 0.842. The van der Waals surface area contributed by atoms with Crippen molar-refractivity contribution >= 4 is 11.7 Å². The van der Waals surface area contributed by atoms with Gasteiger partial charge in [0.2, 0.25) is 0 Å². The summed E-state index contributed by atoms with van der Waals surface area (Å²) in [6.07, 6.45) is 2.42. The summed E-state index contributed by atoms with van der Waals surface area (Å²) in [5.74, 6) is 0.381. The largest absolute Gasteiger partial charge is 0.326 e. The van der Waals surface area contributed by atoms with Crippen LogP contribution in [-0.4, -0.2) is 74.1 Å². The number of hydrogen-bond donors (Lipinski definition) is 1. The molecule has 1 aliphatic heterocycles. The molecule has 1 fully saturated rings. The van der Waals surface area contributed by atoms with Crippen molar-refractivity contribution in [2.75, 3.05) is 52.6 Å². The number of carbonyl (C=O) groups excluding carboxylic acids is 1. The van der Waals surface area contributed by atoms with Gasteiger partial charge in [0.05, 0.1) is 0 Å². The average Bonchev–Trinajstić information content (AvgIpc) is 2.61. The Kier molecular flexibility index (Phi) is 7.47. The van der Waals surface area contributed by atoms with Crippen molar-refractivity contribution in [1.29, 1.82) is 0 Å². The predicted molar refractivity (Wildman–Crippen MR) is 110 cm³/mol. The molecule has 146 valence electrons. The van der Waals surface area contributed by atoms with Crippen LogP contribution < -0.4 is 5.32 Å². The minimum Gasteiger partial charge on any atom is -0.326 e. The van der Waals surface area contributed by atoms with Crippen LogP contribution in [0.15, 0.2) is 18.2 Å². The third kappa shape index (κ3) is 5.45. The highest BCUT2D eigenvalue weighted by Gasteiger charge is 2.21. The second-order valence-corrected chi connectivity index (χ2v) is 8.06. The number of hydrogen-bond acceptors (Lipinski definition) is 3. The van der Waals surface area contributed by atoms with Crippen LogP contribution in [0, 0.1) is 6.92 Å². The van der Waals surface area contributed by atoms with Gasteiger partial charge in [0.15, 0.2) is 0 Å². The number of para-hydroxylation sites is 1. The Balaban J connectivity index is 1.88. The molecule has 0 radical (unpaired) electrons. The van der Waals surface area contributed by atoms with Crippen LogP contribution in [0.2, 0.25) is 0 Å². The van der Waals surface area contributed by atoms with Crippen molar-refractivity contribution in [2.24, 2.45) is 0 Å². The second kappa shape index (κ2) is 9.38. The Morgan fingerprint density at radius 1 is 1.23 bits per heavy atom. The second-order valence-electron chi connectivity index (χ2n) is 8.06. The van der Waals surface area contributed by atoms with E-state index in [1.54, 1.807) is 4.90 Å². The maximum atomic E-state index is 12.7. The first-order chi connectivity index (χ1) is 12.3. The highest BCUT2D eigenvalue weighted by Crippen LogP contribution is 2.27. The molecule has 0 unspecified atom stereocenters. The zero-order valence-electron chi connectivity index (χ0n) is 17.4. The van der Waals surface area contributed by atoms with Gasteiger partial charge in [0.1, 0.15) is 0 Å². The van der Waals surface area contributed by atoms with Crippen LogP contribution in [0.1, 0.15) is 43.7 Å². The maximum Gasteiger partial charge on any atom is 0.321 e. The molecule has 0 bridgehead atoms. The van der Waals surface area contributed by atoms with Crippen molar-refractivity contribution in [3.05, 3.63) is 29.3 Å². The molecule has 1 aliphatic rings. The van der Waals surface area contributed by atoms with E-state index in [4.69, 9.17) is 0 Å². The molecule has 1 heterocycles. The summed E-state index contributed by atoms with van der Waals surface area (Å²) in [6, 6.07) is 6.81. The first kappa shape index (κ1) is 20.7. The molecule has 1 N–H and O–H groups in total. The minimum atomic E-state index is -0.0297. The molecular weight excluding hydrogens is 324 g/mol. The molecule has 1 saturated heterocycles. The van der Waals surface area contributed by atoms with Gasteiger partial charge in [-0.05, 0) is 64.0 Å². The highest BCUT2D eigenvalue weighted by molar-refractivity contribution is 5.91. The number of benzene rings is 1. The zero-order valence-corrected chi connectivity index (χ0v) is 17.4. The van der Waals surface area contributed by atoms with Crippen LogP contribution in [-0.2, 0) is 0 Å². The van der Waals surface area contributed by atoms with Gasteiger partial charge in [-0.1, -0.05) is 32.0 Å². The number of likely N-dealkylation sites (N-methyl/N-ethyl adjacent to an activating group) is 2. The summed E-state index contributed by atoms with van der Waals surface area (Å²) in [7, 11) is 6.25. The average molecular weight is 361 g/mol. The van der Waals surface area contributed by atoms with Crippen LogP contribution in [0.4, 0.5) is 10.5 Å². The lowest BCUT2D eigenvalue weighted by molar-refractivity contribution is 0.136. The molecule has 0 spiro atoms. The van der Waals surface area contributed by atoms with Gasteiger partial charge in [-0.15, -0.1) is 0 Å². The van der Waals surface area contributed by atoms with Crippen molar-refractivity contribution in [3.63, 3.8) is 0 Å². The number of piperidine rings is 1. The zero-order chi connectivity index (χ0) is 19.3. The monoisotopic (exact) mass is 360 g/mol. The fourth-order valence-electron chi connectivity index (χ4n) is 3.57. The molecule has 1 aromatic carbocycles. The van der Waals surface area contributed by atoms with Gasteiger partial charge >= 0.3 is 6.03 Å². The lowest BCUT2D eigenvalue weighted by Crippen LogP contribution is -2.45. The van der Waals surface area contributed by atoms with Crippen molar-refractivity contribution in [3.8, 4) is 0 Å². The number of nitrogens with zero attached hydrogens (tertiary/aromatic N) is 3. The van der Waals surface area contributed by atoms with Crippen LogP contribution in [0.3, 0.4) is 0 Å². The van der Waals surface area contributed by atoms with E-state index < -0.39 is 0 Å². The van der Waals surface area contributed by atoms with Gasteiger partial charge < -0.3 is 20.0 Å². The number of nitrogens with one attached hydrogen (secondary N) is 1. The Morgan fingerprint density at radius 3 is 2.50 bits per heavy atom. The molecule has 2 amide bonds. The number of rotatable bonds is 6. The van der Waals surface area contributed by atoms with Gasteiger partial charge in [-0.25, -0.2) is 4.79 Å². The molecule has 0 aromatic heterocycles. The van der Waals surface area contributed by atoms with E-state index in [9.17, 15) is 4.79 Å². The summed E-state index contributed by atoms with van der Waals surface area (Å²) in [5.41, 5.74) is 3.26. The molecule has 2 rings (SSSR count). The van der Waals surface area contributed by atoms with Crippen LogP contribution >= 0.6 is 0 Å². The van der Waals surface area contributed by atoms with Gasteiger partial charge in [0.25, 0.3) is 0 Å². The standard InChI is InChI=1S/C21H36N4O/c1-16(2)19-9-7-8-17(3)20(19)22-21(26)25(6)15-14-24(5)18-10-12-23(4)13-11-18/h7-9,16,18H,10-15H2,1-6H3,(H,22,26). The predicted octanol–water partition coefficient (Wildman–Crippen LogP) is 3.61. The smallest absolute Gasteiger partial charge is 0.321 e. The summed E-state index contributed by atoms with van der Waals surface area (Å²) < 4.78 is 0. The first-order valence-corrected chi connectivity index (χ1v) is 9.80. The number of urea groups is 1. The molecule has 1 aromatic rings. The van der Waals surface area contributed by atoms with E-state index >= 15 is 0 Å². The molecule has 5 heteroatoms. The van der Waals surface area contributed by atoms with Gasteiger partial charge in [-0.2, -0.15) is 0 Å². The summed E-state index contributed by atoms with van der Waals surface area (Å²) in [5, 5.41) is 3.13. The van der Waals surface area contributed by atoms with Crippen molar-refractivity contribution in [2.45, 2.75) is 45.6 Å². The summed E-state index contributed by atoms with van der Waals surface area (Å²) >= 11 is 0.